The van der Waals surface area contributed by atoms with Gasteiger partial charge < -0.3 is 26.8 Å². The molecule has 0 aromatic heterocycles. The Kier molecular flexibility index (Phi) is 14.2. The molecular formula is C26H42N4O5S. The van der Waals surface area contributed by atoms with Crippen LogP contribution in [0.25, 0.3) is 0 Å². The molecule has 0 bridgehead atoms. The highest BCUT2D eigenvalue weighted by Crippen LogP contribution is 2.11. The van der Waals surface area contributed by atoms with Crippen LogP contribution in [0.15, 0.2) is 30.3 Å². The highest BCUT2D eigenvalue weighted by molar-refractivity contribution is 7.98. The van der Waals surface area contributed by atoms with E-state index in [9.17, 15) is 24.3 Å². The van der Waals surface area contributed by atoms with Crippen LogP contribution in [0.1, 0.15) is 52.5 Å². The second kappa shape index (κ2) is 16.2. The molecule has 0 aliphatic rings. The van der Waals surface area contributed by atoms with Crippen LogP contribution in [-0.4, -0.2) is 65.0 Å². The van der Waals surface area contributed by atoms with E-state index in [0.717, 1.165) is 12.0 Å². The Balaban J connectivity index is 3.11. The van der Waals surface area contributed by atoms with Crippen LogP contribution in [0.3, 0.4) is 0 Å². The standard InChI is InChI=1S/C26H42N4O5S/c1-6-17(4)22(27)25(33)30-20(14-16(2)3)23(31)29-21(15-18-10-8-7-9-11-18)24(32)28-19(26(34)35)12-13-36-5/h7-11,16-17,19-22H,6,12-15,27H2,1-5H3,(H,28,32)(H,29,31)(H,30,33)(H,34,35). The van der Waals surface area contributed by atoms with Gasteiger partial charge in [0.05, 0.1) is 6.04 Å². The summed E-state index contributed by atoms with van der Waals surface area (Å²) in [6.07, 6.45) is 3.36. The predicted molar refractivity (Wildman–Crippen MR) is 143 cm³/mol. The predicted octanol–water partition coefficient (Wildman–Crippen LogP) is 1.94. The largest absolute Gasteiger partial charge is 0.480 e. The lowest BCUT2D eigenvalue weighted by molar-refractivity contribution is -0.142. The second-order valence-electron chi connectivity index (χ2n) is 9.53. The lowest BCUT2D eigenvalue weighted by Gasteiger charge is -2.27. The van der Waals surface area contributed by atoms with Gasteiger partial charge in [-0.15, -0.1) is 0 Å². The first kappa shape index (κ1) is 31.4. The van der Waals surface area contributed by atoms with Crippen LogP contribution in [-0.2, 0) is 25.6 Å². The van der Waals surface area contributed by atoms with Gasteiger partial charge in [0.25, 0.3) is 0 Å². The van der Waals surface area contributed by atoms with E-state index in [-0.39, 0.29) is 24.7 Å². The summed E-state index contributed by atoms with van der Waals surface area (Å²) in [4.78, 5) is 50.8. The van der Waals surface area contributed by atoms with E-state index < -0.39 is 47.9 Å². The lowest BCUT2D eigenvalue weighted by Crippen LogP contribution is -2.58. The fraction of sp³-hybridized carbons (Fsp3) is 0.615. The Morgan fingerprint density at radius 2 is 1.47 bits per heavy atom. The Labute approximate surface area is 218 Å². The van der Waals surface area contributed by atoms with Crippen molar-refractivity contribution >= 4 is 35.5 Å². The molecule has 0 aliphatic carbocycles. The summed E-state index contributed by atoms with van der Waals surface area (Å²) >= 11 is 1.48. The molecule has 1 aromatic carbocycles. The molecule has 1 aromatic rings. The monoisotopic (exact) mass is 522 g/mol. The number of carbonyl (C=O) groups is 4. The number of carbonyl (C=O) groups excluding carboxylic acids is 3. The number of rotatable bonds is 16. The number of carboxylic acids is 1. The molecule has 0 spiro atoms. The van der Waals surface area contributed by atoms with Gasteiger partial charge in [-0.05, 0) is 42.2 Å². The van der Waals surface area contributed by atoms with Crippen LogP contribution in [0.4, 0.5) is 0 Å². The van der Waals surface area contributed by atoms with E-state index in [1.54, 1.807) is 0 Å². The van der Waals surface area contributed by atoms with Crippen molar-refractivity contribution < 1.29 is 24.3 Å². The van der Waals surface area contributed by atoms with E-state index in [2.05, 4.69) is 16.0 Å². The van der Waals surface area contributed by atoms with Gasteiger partial charge in [0.1, 0.15) is 18.1 Å². The number of nitrogens with one attached hydrogen (secondary N) is 3. The summed E-state index contributed by atoms with van der Waals surface area (Å²) in [5.41, 5.74) is 6.86. The molecule has 10 heteroatoms. The van der Waals surface area contributed by atoms with Gasteiger partial charge >= 0.3 is 5.97 Å². The van der Waals surface area contributed by atoms with Gasteiger partial charge in [0, 0.05) is 6.42 Å². The molecule has 0 aliphatic heterocycles. The maximum atomic E-state index is 13.3. The number of amides is 3. The summed E-state index contributed by atoms with van der Waals surface area (Å²) in [5, 5.41) is 17.6. The van der Waals surface area contributed by atoms with Crippen molar-refractivity contribution in [2.24, 2.45) is 17.6 Å². The van der Waals surface area contributed by atoms with Crippen molar-refractivity contribution in [1.82, 2.24) is 16.0 Å². The number of hydrogen-bond acceptors (Lipinski definition) is 6. The van der Waals surface area contributed by atoms with E-state index in [0.29, 0.717) is 12.2 Å². The normalized spacial score (nSPS) is 15.3. The maximum Gasteiger partial charge on any atom is 0.326 e. The molecule has 0 heterocycles. The Morgan fingerprint density at radius 3 is 2.00 bits per heavy atom. The molecule has 3 amide bonds. The number of thioether (sulfide) groups is 1. The van der Waals surface area contributed by atoms with Gasteiger partial charge in [-0.2, -0.15) is 11.8 Å². The first-order valence-corrected chi connectivity index (χ1v) is 13.8. The van der Waals surface area contributed by atoms with E-state index in [1.165, 1.54) is 11.8 Å². The van der Waals surface area contributed by atoms with Gasteiger partial charge in [-0.1, -0.05) is 64.4 Å². The molecule has 0 radical (unpaired) electrons. The highest BCUT2D eigenvalue weighted by Gasteiger charge is 2.31. The van der Waals surface area contributed by atoms with Gasteiger partial charge in [-0.25, -0.2) is 4.79 Å². The smallest absolute Gasteiger partial charge is 0.326 e. The average Bonchev–Trinajstić information content (AvgIpc) is 2.84. The fourth-order valence-corrected chi connectivity index (χ4v) is 4.05. The Morgan fingerprint density at radius 1 is 0.917 bits per heavy atom. The average molecular weight is 523 g/mol. The number of hydrogen-bond donors (Lipinski definition) is 5. The number of carboxylic acid groups (broad SMARTS) is 1. The minimum atomic E-state index is -1.13. The van der Waals surface area contributed by atoms with Crippen molar-refractivity contribution in [1.29, 1.82) is 0 Å². The molecular weight excluding hydrogens is 480 g/mol. The third-order valence-corrected chi connectivity index (χ3v) is 6.68. The van der Waals surface area contributed by atoms with Crippen molar-refractivity contribution in [3.63, 3.8) is 0 Å². The zero-order chi connectivity index (χ0) is 27.3. The number of aliphatic carboxylic acids is 1. The molecule has 1 rings (SSSR count). The first-order chi connectivity index (χ1) is 17.0. The van der Waals surface area contributed by atoms with Crippen LogP contribution in [0, 0.1) is 11.8 Å². The highest BCUT2D eigenvalue weighted by atomic mass is 32.2. The summed E-state index contributed by atoms with van der Waals surface area (Å²) < 4.78 is 0. The molecule has 0 saturated heterocycles. The minimum Gasteiger partial charge on any atom is -0.480 e. The maximum absolute atomic E-state index is 13.3. The van der Waals surface area contributed by atoms with Crippen molar-refractivity contribution in [3.05, 3.63) is 35.9 Å². The van der Waals surface area contributed by atoms with Crippen LogP contribution in [0.2, 0.25) is 0 Å². The zero-order valence-electron chi connectivity index (χ0n) is 22.0. The molecule has 202 valence electrons. The molecule has 36 heavy (non-hydrogen) atoms. The van der Waals surface area contributed by atoms with Gasteiger partial charge in [0.15, 0.2) is 0 Å². The molecule has 0 saturated carbocycles. The fourth-order valence-electron chi connectivity index (χ4n) is 3.58. The second-order valence-corrected chi connectivity index (χ2v) is 10.5. The van der Waals surface area contributed by atoms with E-state index in [1.807, 2.05) is 64.3 Å². The summed E-state index contributed by atoms with van der Waals surface area (Å²) in [6, 6.07) is 5.41. The summed E-state index contributed by atoms with van der Waals surface area (Å²) in [5.74, 6) is -2.06. The molecule has 0 fully saturated rings. The third-order valence-electron chi connectivity index (χ3n) is 6.04. The van der Waals surface area contributed by atoms with Crippen LogP contribution < -0.4 is 21.7 Å². The zero-order valence-corrected chi connectivity index (χ0v) is 22.8. The van der Waals surface area contributed by atoms with Crippen molar-refractivity contribution in [2.75, 3.05) is 12.0 Å². The topological polar surface area (TPSA) is 151 Å². The van der Waals surface area contributed by atoms with E-state index >= 15 is 0 Å². The number of nitrogens with two attached hydrogens (primary N) is 1. The Hall–Kier alpha value is -2.59. The minimum absolute atomic E-state index is 0.0568. The lowest BCUT2D eigenvalue weighted by atomic mass is 9.97. The first-order valence-electron chi connectivity index (χ1n) is 12.4. The number of benzene rings is 1. The van der Waals surface area contributed by atoms with Crippen molar-refractivity contribution in [2.45, 2.75) is 77.5 Å². The van der Waals surface area contributed by atoms with Crippen molar-refractivity contribution in [3.8, 4) is 0 Å². The molecule has 6 N–H and O–H groups in total. The SMILES string of the molecule is CCC(C)C(N)C(=O)NC(CC(C)C)C(=O)NC(Cc1ccccc1)C(=O)NC(CCSC)C(=O)O. The van der Waals surface area contributed by atoms with Gasteiger partial charge in [-0.3, -0.25) is 14.4 Å². The quantitative estimate of drug-likeness (QED) is 0.223. The van der Waals surface area contributed by atoms with Crippen LogP contribution >= 0.6 is 11.8 Å². The molecule has 5 atom stereocenters. The Bertz CT molecular complexity index is 852. The third kappa shape index (κ3) is 11.0. The summed E-state index contributed by atoms with van der Waals surface area (Å²) in [7, 11) is 0. The molecule has 5 unspecified atom stereocenters. The van der Waals surface area contributed by atoms with Gasteiger partial charge in [0.2, 0.25) is 17.7 Å². The molecule has 9 nitrogen and oxygen atoms in total. The van der Waals surface area contributed by atoms with Crippen LogP contribution in [0.5, 0.6) is 0 Å². The van der Waals surface area contributed by atoms with E-state index in [4.69, 9.17) is 5.73 Å². The summed E-state index contributed by atoms with van der Waals surface area (Å²) in [6.45, 7) is 7.67.